The molecule has 0 saturated carbocycles. The Balaban J connectivity index is 1.94. The van der Waals surface area contributed by atoms with E-state index in [1.165, 1.54) is 0 Å². The predicted molar refractivity (Wildman–Crippen MR) is 98.4 cm³/mol. The summed E-state index contributed by atoms with van der Waals surface area (Å²) in [5.74, 6) is -0.288. The minimum atomic E-state index is -0.818. The van der Waals surface area contributed by atoms with Gasteiger partial charge in [0.05, 0.1) is 0 Å². The molecule has 0 aliphatic carbocycles. The van der Waals surface area contributed by atoms with Gasteiger partial charge >= 0.3 is 6.09 Å². The molecule has 26 heavy (non-hydrogen) atoms. The number of hydrogen-bond donors (Lipinski definition) is 2. The number of amides is 2. The zero-order chi connectivity index (χ0) is 18.6. The fourth-order valence-electron chi connectivity index (χ4n) is 2.36. The number of rotatable bonds is 9. The molecule has 0 aliphatic heterocycles. The van der Waals surface area contributed by atoms with E-state index in [9.17, 15) is 9.59 Å². The topological polar surface area (TPSA) is 76.7 Å². The van der Waals surface area contributed by atoms with Crippen molar-refractivity contribution in [1.29, 1.82) is 0 Å². The molecule has 0 saturated heterocycles. The molecular weight excluding hydrogens is 332 g/mol. The summed E-state index contributed by atoms with van der Waals surface area (Å²) in [4.78, 5) is 24.6. The van der Waals surface area contributed by atoms with Crippen LogP contribution in [0.4, 0.5) is 4.79 Å². The highest BCUT2D eigenvalue weighted by atomic mass is 16.5. The normalized spacial score (nSPS) is 11.4. The molecule has 0 unspecified atom stereocenters. The second-order valence-electron chi connectivity index (χ2n) is 5.69. The summed E-state index contributed by atoms with van der Waals surface area (Å²) in [6, 6.07) is 17.6. The summed E-state index contributed by atoms with van der Waals surface area (Å²) in [7, 11) is 1.61. The van der Waals surface area contributed by atoms with E-state index in [0.717, 1.165) is 5.56 Å². The number of carbonyl (C=O) groups is 2. The van der Waals surface area contributed by atoms with Gasteiger partial charge in [0.25, 0.3) is 0 Å². The van der Waals surface area contributed by atoms with Gasteiger partial charge in [0, 0.05) is 20.3 Å². The van der Waals surface area contributed by atoms with Gasteiger partial charge < -0.3 is 20.1 Å². The molecule has 0 heterocycles. The number of alkyl carbamates (subject to hydrolysis) is 1. The minimum absolute atomic E-state index is 0.143. The van der Waals surface area contributed by atoms with Crippen molar-refractivity contribution in [3.05, 3.63) is 71.8 Å². The molecule has 0 aromatic heterocycles. The maximum atomic E-state index is 12.5. The Morgan fingerprint density at radius 3 is 2.31 bits per heavy atom. The van der Waals surface area contributed by atoms with Gasteiger partial charge in [0.15, 0.2) is 0 Å². The molecule has 6 nitrogen and oxygen atoms in total. The average molecular weight is 356 g/mol. The Hall–Kier alpha value is -2.86. The largest absolute Gasteiger partial charge is 0.445 e. The lowest BCUT2D eigenvalue weighted by molar-refractivity contribution is -0.123. The molecule has 2 aromatic rings. The molecule has 2 amide bonds. The first-order valence-corrected chi connectivity index (χ1v) is 8.49. The number of nitrogens with one attached hydrogen (secondary N) is 2. The van der Waals surface area contributed by atoms with E-state index in [1.54, 1.807) is 19.2 Å². The van der Waals surface area contributed by atoms with E-state index in [2.05, 4.69) is 10.6 Å². The Morgan fingerprint density at radius 2 is 1.65 bits per heavy atom. The van der Waals surface area contributed by atoms with Gasteiger partial charge in [-0.3, -0.25) is 4.79 Å². The standard InChI is InChI=1S/C20H24N2O4/c1-25-14-8-13-21-19(23)18(17-11-6-3-7-12-17)22-20(24)26-15-16-9-4-2-5-10-16/h2-7,9-12,18H,8,13-15H2,1H3,(H,21,23)(H,22,24)/t18-/m1/s1. The summed E-state index contributed by atoms with van der Waals surface area (Å²) >= 11 is 0. The molecular formula is C20H24N2O4. The van der Waals surface area contributed by atoms with Crippen molar-refractivity contribution in [3.63, 3.8) is 0 Å². The number of benzene rings is 2. The average Bonchev–Trinajstić information content (AvgIpc) is 2.69. The Morgan fingerprint density at radius 1 is 1.00 bits per heavy atom. The van der Waals surface area contributed by atoms with Crippen molar-refractivity contribution in [1.82, 2.24) is 10.6 Å². The van der Waals surface area contributed by atoms with E-state index in [-0.39, 0.29) is 12.5 Å². The summed E-state index contributed by atoms with van der Waals surface area (Å²) in [6.07, 6.45) is 0.0529. The van der Waals surface area contributed by atoms with Crippen LogP contribution < -0.4 is 10.6 Å². The Kier molecular flexibility index (Phi) is 8.15. The maximum absolute atomic E-state index is 12.5. The van der Waals surface area contributed by atoms with Gasteiger partial charge in [0.2, 0.25) is 5.91 Å². The van der Waals surface area contributed by atoms with Crippen LogP contribution in [0, 0.1) is 0 Å². The highest BCUT2D eigenvalue weighted by molar-refractivity contribution is 5.86. The van der Waals surface area contributed by atoms with Crippen LogP contribution in [-0.4, -0.2) is 32.3 Å². The second-order valence-corrected chi connectivity index (χ2v) is 5.69. The summed E-state index contributed by atoms with van der Waals surface area (Å²) < 4.78 is 10.2. The van der Waals surface area contributed by atoms with Crippen molar-refractivity contribution in [2.24, 2.45) is 0 Å². The first-order valence-electron chi connectivity index (χ1n) is 8.49. The molecule has 2 rings (SSSR count). The Labute approximate surface area is 153 Å². The fraction of sp³-hybridized carbons (Fsp3) is 0.300. The summed E-state index contributed by atoms with van der Waals surface area (Å²) in [6.45, 7) is 1.17. The molecule has 138 valence electrons. The van der Waals surface area contributed by atoms with E-state index < -0.39 is 12.1 Å². The van der Waals surface area contributed by atoms with Gasteiger partial charge in [-0.05, 0) is 17.5 Å². The van der Waals surface area contributed by atoms with Crippen LogP contribution in [0.15, 0.2) is 60.7 Å². The van der Waals surface area contributed by atoms with Gasteiger partial charge in [-0.25, -0.2) is 4.79 Å². The lowest BCUT2D eigenvalue weighted by atomic mass is 10.1. The van der Waals surface area contributed by atoms with E-state index in [4.69, 9.17) is 9.47 Å². The highest BCUT2D eigenvalue weighted by Crippen LogP contribution is 2.13. The van der Waals surface area contributed by atoms with Gasteiger partial charge in [-0.15, -0.1) is 0 Å². The first kappa shape index (κ1) is 19.5. The zero-order valence-corrected chi connectivity index (χ0v) is 14.8. The molecule has 2 N–H and O–H groups in total. The highest BCUT2D eigenvalue weighted by Gasteiger charge is 2.23. The van der Waals surface area contributed by atoms with Crippen molar-refractivity contribution in [2.45, 2.75) is 19.1 Å². The second kappa shape index (κ2) is 10.9. The van der Waals surface area contributed by atoms with Crippen LogP contribution in [0.5, 0.6) is 0 Å². The van der Waals surface area contributed by atoms with Gasteiger partial charge in [-0.2, -0.15) is 0 Å². The molecule has 0 aliphatic rings. The van der Waals surface area contributed by atoms with Crippen LogP contribution >= 0.6 is 0 Å². The quantitative estimate of drug-likeness (QED) is 0.678. The summed E-state index contributed by atoms with van der Waals surface area (Å²) in [5.41, 5.74) is 1.57. The molecule has 0 radical (unpaired) electrons. The maximum Gasteiger partial charge on any atom is 0.408 e. The minimum Gasteiger partial charge on any atom is -0.445 e. The monoisotopic (exact) mass is 356 g/mol. The van der Waals surface area contributed by atoms with E-state index >= 15 is 0 Å². The first-order chi connectivity index (χ1) is 12.7. The van der Waals surface area contributed by atoms with Crippen LogP contribution in [-0.2, 0) is 20.9 Å². The lowest BCUT2D eigenvalue weighted by Gasteiger charge is -2.19. The number of hydrogen-bond acceptors (Lipinski definition) is 4. The zero-order valence-electron chi connectivity index (χ0n) is 14.8. The van der Waals surface area contributed by atoms with E-state index in [0.29, 0.717) is 25.1 Å². The third kappa shape index (κ3) is 6.57. The van der Waals surface area contributed by atoms with Crippen molar-refractivity contribution < 1.29 is 19.1 Å². The fourth-order valence-corrected chi connectivity index (χ4v) is 2.36. The third-order valence-electron chi connectivity index (χ3n) is 3.69. The van der Waals surface area contributed by atoms with E-state index in [1.807, 2.05) is 48.5 Å². The van der Waals surface area contributed by atoms with Crippen LogP contribution in [0.3, 0.4) is 0 Å². The van der Waals surface area contributed by atoms with Crippen LogP contribution in [0.2, 0.25) is 0 Å². The van der Waals surface area contributed by atoms with Crippen LogP contribution in [0.25, 0.3) is 0 Å². The molecule has 1 atom stereocenters. The number of carbonyl (C=O) groups excluding carboxylic acids is 2. The lowest BCUT2D eigenvalue weighted by Crippen LogP contribution is -2.41. The smallest absolute Gasteiger partial charge is 0.408 e. The molecule has 0 fully saturated rings. The summed E-state index contributed by atoms with van der Waals surface area (Å²) in [5, 5.41) is 5.45. The molecule has 6 heteroatoms. The van der Waals surface area contributed by atoms with Crippen molar-refractivity contribution >= 4 is 12.0 Å². The third-order valence-corrected chi connectivity index (χ3v) is 3.69. The molecule has 2 aromatic carbocycles. The molecule has 0 bridgehead atoms. The van der Waals surface area contributed by atoms with Crippen molar-refractivity contribution in [3.8, 4) is 0 Å². The van der Waals surface area contributed by atoms with Crippen molar-refractivity contribution in [2.75, 3.05) is 20.3 Å². The Bertz CT molecular complexity index is 677. The number of methoxy groups -OCH3 is 1. The van der Waals surface area contributed by atoms with Crippen LogP contribution in [0.1, 0.15) is 23.6 Å². The molecule has 0 spiro atoms. The van der Waals surface area contributed by atoms with Gasteiger partial charge in [0.1, 0.15) is 12.6 Å². The SMILES string of the molecule is COCCCNC(=O)[C@H](NC(=O)OCc1ccccc1)c1ccccc1. The number of ether oxygens (including phenoxy) is 2. The predicted octanol–water partition coefficient (Wildman–Crippen LogP) is 2.81. The van der Waals surface area contributed by atoms with Gasteiger partial charge in [-0.1, -0.05) is 60.7 Å².